The number of carbonyl (C=O) groups excluding carboxylic acids is 2. The van der Waals surface area contributed by atoms with E-state index < -0.39 is 11.0 Å². The fraction of sp³-hybridized carbons (Fsp3) is 0.205. The fourth-order valence-corrected chi connectivity index (χ4v) is 6.72. The first-order valence-electron chi connectivity index (χ1n) is 15.2. The van der Waals surface area contributed by atoms with Gasteiger partial charge in [-0.1, -0.05) is 79.7 Å². The zero-order valence-electron chi connectivity index (χ0n) is 26.1. The molecule has 2 heterocycles. The van der Waals surface area contributed by atoms with E-state index in [0.29, 0.717) is 23.4 Å². The zero-order chi connectivity index (χ0) is 31.6. The molecule has 1 N–H and O–H groups in total. The van der Waals surface area contributed by atoms with Crippen LogP contribution in [0.5, 0.6) is 5.75 Å². The van der Waals surface area contributed by atoms with Gasteiger partial charge in [0.1, 0.15) is 12.4 Å². The van der Waals surface area contributed by atoms with Gasteiger partial charge in [-0.3, -0.25) is 14.6 Å². The molecule has 1 aliphatic heterocycles. The molecule has 45 heavy (non-hydrogen) atoms. The van der Waals surface area contributed by atoms with Crippen molar-refractivity contribution in [2.45, 2.75) is 51.7 Å². The molecule has 0 saturated heterocycles. The van der Waals surface area contributed by atoms with Gasteiger partial charge in [0.05, 0.1) is 11.4 Å². The number of amides is 2. The Morgan fingerprint density at radius 2 is 1.44 bits per heavy atom. The van der Waals surface area contributed by atoms with Crippen LogP contribution < -0.4 is 15.0 Å². The topological polar surface area (TPSA) is 71.5 Å². The minimum Gasteiger partial charge on any atom is -0.487 e. The predicted molar refractivity (Wildman–Crippen MR) is 180 cm³/mol. The molecule has 226 valence electrons. The molecule has 2 amide bonds. The Morgan fingerprint density at radius 3 is 2.09 bits per heavy atom. The molecule has 5 aromatic rings. The van der Waals surface area contributed by atoms with E-state index in [2.05, 4.69) is 43.2 Å². The van der Waals surface area contributed by atoms with E-state index in [9.17, 15) is 9.59 Å². The largest absolute Gasteiger partial charge is 0.487 e. The lowest BCUT2D eigenvalue weighted by Gasteiger charge is -2.51. The Balaban J connectivity index is 1.44. The van der Waals surface area contributed by atoms with Crippen molar-refractivity contribution in [3.8, 4) is 16.9 Å². The smallest absolute Gasteiger partial charge is 0.255 e. The number of nitrogens with one attached hydrogen (secondary N) is 1. The van der Waals surface area contributed by atoms with Gasteiger partial charge >= 0.3 is 0 Å². The van der Waals surface area contributed by atoms with Gasteiger partial charge in [0.25, 0.3) is 5.91 Å². The summed E-state index contributed by atoms with van der Waals surface area (Å²) >= 11 is 0. The van der Waals surface area contributed by atoms with Gasteiger partial charge in [-0.2, -0.15) is 0 Å². The number of hydrogen-bond donors (Lipinski definition) is 1. The van der Waals surface area contributed by atoms with Crippen LogP contribution in [0.1, 0.15) is 61.2 Å². The van der Waals surface area contributed by atoms with Gasteiger partial charge in [-0.05, 0) is 78.4 Å². The molecule has 1 unspecified atom stereocenters. The molecular formula is C39H37N3O3. The van der Waals surface area contributed by atoms with Crippen LogP contribution in [-0.4, -0.2) is 22.3 Å². The molecule has 4 aromatic carbocycles. The molecule has 0 aliphatic carbocycles. The quantitative estimate of drug-likeness (QED) is 0.205. The monoisotopic (exact) mass is 595 g/mol. The molecule has 0 bridgehead atoms. The van der Waals surface area contributed by atoms with Crippen LogP contribution in [0.2, 0.25) is 0 Å². The third kappa shape index (κ3) is 5.96. The summed E-state index contributed by atoms with van der Waals surface area (Å²) in [4.78, 5) is 32.9. The summed E-state index contributed by atoms with van der Waals surface area (Å²) < 4.78 is 6.39. The average Bonchev–Trinajstić information content (AvgIpc) is 3.05. The minimum absolute atomic E-state index is 0.0493. The van der Waals surface area contributed by atoms with Crippen LogP contribution in [0, 0.1) is 0 Å². The van der Waals surface area contributed by atoms with Crippen LogP contribution in [0.4, 0.5) is 11.4 Å². The molecule has 0 fully saturated rings. The van der Waals surface area contributed by atoms with E-state index in [0.717, 1.165) is 33.5 Å². The highest BCUT2D eigenvalue weighted by Crippen LogP contribution is 2.53. The van der Waals surface area contributed by atoms with Crippen LogP contribution in [-0.2, 0) is 16.8 Å². The molecule has 0 saturated carbocycles. The minimum atomic E-state index is -0.475. The van der Waals surface area contributed by atoms with Crippen molar-refractivity contribution in [3.63, 3.8) is 0 Å². The maximum atomic E-state index is 13.7. The second-order valence-corrected chi connectivity index (χ2v) is 12.4. The average molecular weight is 596 g/mol. The molecule has 0 radical (unpaired) electrons. The van der Waals surface area contributed by atoms with Crippen LogP contribution in [0.15, 0.2) is 122 Å². The molecule has 6 nitrogen and oxygen atoms in total. The number of nitrogens with zero attached hydrogens (tertiary/aromatic N) is 2. The van der Waals surface area contributed by atoms with Gasteiger partial charge in [0, 0.05) is 41.9 Å². The summed E-state index contributed by atoms with van der Waals surface area (Å²) in [5, 5.41) is 3.15. The Kier molecular flexibility index (Phi) is 7.98. The number of pyridine rings is 1. The van der Waals surface area contributed by atoms with E-state index >= 15 is 0 Å². The Morgan fingerprint density at radius 1 is 0.822 bits per heavy atom. The number of ether oxygens (including phenoxy) is 1. The van der Waals surface area contributed by atoms with Gasteiger partial charge < -0.3 is 15.0 Å². The Bertz CT molecular complexity index is 1820. The van der Waals surface area contributed by atoms with Gasteiger partial charge in [0.2, 0.25) is 5.91 Å². The third-order valence-corrected chi connectivity index (χ3v) is 8.70. The van der Waals surface area contributed by atoms with Gasteiger partial charge in [-0.25, -0.2) is 0 Å². The van der Waals surface area contributed by atoms with Crippen molar-refractivity contribution in [2.24, 2.45) is 0 Å². The van der Waals surface area contributed by atoms with Crippen molar-refractivity contribution in [2.75, 3.05) is 10.2 Å². The molecule has 0 spiro atoms. The lowest BCUT2D eigenvalue weighted by Crippen LogP contribution is -2.55. The zero-order valence-corrected chi connectivity index (χ0v) is 26.1. The Hall–Kier alpha value is -5.23. The summed E-state index contributed by atoms with van der Waals surface area (Å²) in [6, 6.07) is 35.7. The number of carbonyl (C=O) groups is 2. The maximum absolute atomic E-state index is 13.7. The summed E-state index contributed by atoms with van der Waals surface area (Å²) in [5.41, 5.74) is 6.10. The van der Waals surface area contributed by atoms with Crippen molar-refractivity contribution in [1.82, 2.24) is 4.98 Å². The number of fused-ring (bicyclic) bond motifs is 1. The molecule has 1 aromatic heterocycles. The molecule has 6 rings (SSSR count). The number of anilines is 2. The van der Waals surface area contributed by atoms with E-state index in [-0.39, 0.29) is 18.4 Å². The molecule has 1 aliphatic rings. The first kappa shape index (κ1) is 29.8. The second kappa shape index (κ2) is 12.0. The van der Waals surface area contributed by atoms with Crippen LogP contribution in [0.3, 0.4) is 0 Å². The number of aromatic nitrogens is 1. The highest BCUT2D eigenvalue weighted by atomic mass is 16.5. The van der Waals surface area contributed by atoms with Crippen molar-refractivity contribution in [1.29, 1.82) is 0 Å². The van der Waals surface area contributed by atoms with E-state index in [1.165, 1.54) is 0 Å². The summed E-state index contributed by atoms with van der Waals surface area (Å²) in [6.07, 6.45) is 4.14. The van der Waals surface area contributed by atoms with Gasteiger partial charge in [0.15, 0.2) is 0 Å². The van der Waals surface area contributed by atoms with Crippen molar-refractivity contribution in [3.05, 3.63) is 144 Å². The fourth-order valence-electron chi connectivity index (χ4n) is 6.72. The number of rotatable bonds is 7. The number of hydrogen-bond acceptors (Lipinski definition) is 4. The number of benzene rings is 4. The van der Waals surface area contributed by atoms with E-state index in [4.69, 9.17) is 4.74 Å². The SMILES string of the molecule is CC(=O)N1c2cc(OCc3ccncc3)c(NC(=O)c3ccc(-c4ccccc4)cc3)cc2C(C)(c2ccccc2)CC1(C)C. The highest BCUT2D eigenvalue weighted by molar-refractivity contribution is 6.06. The predicted octanol–water partition coefficient (Wildman–Crippen LogP) is 8.42. The van der Waals surface area contributed by atoms with Crippen molar-refractivity contribution >= 4 is 23.2 Å². The van der Waals surface area contributed by atoms with Crippen molar-refractivity contribution < 1.29 is 14.3 Å². The lowest BCUT2D eigenvalue weighted by molar-refractivity contribution is -0.117. The van der Waals surface area contributed by atoms with E-state index in [1.807, 2.05) is 102 Å². The third-order valence-electron chi connectivity index (χ3n) is 8.70. The molecule has 6 heteroatoms. The molecule has 1 atom stereocenters. The second-order valence-electron chi connectivity index (χ2n) is 12.4. The first-order chi connectivity index (χ1) is 21.7. The van der Waals surface area contributed by atoms with Crippen LogP contribution >= 0.6 is 0 Å². The Labute approximate surface area is 264 Å². The van der Waals surface area contributed by atoms with E-state index in [1.54, 1.807) is 19.3 Å². The normalized spacial score (nSPS) is 16.8. The summed E-state index contributed by atoms with van der Waals surface area (Å²) in [6.45, 7) is 8.29. The first-order valence-corrected chi connectivity index (χ1v) is 15.2. The lowest BCUT2D eigenvalue weighted by atomic mass is 9.65. The molecular weight excluding hydrogens is 558 g/mol. The summed E-state index contributed by atoms with van der Waals surface area (Å²) in [7, 11) is 0. The van der Waals surface area contributed by atoms with Crippen LogP contribution in [0.25, 0.3) is 11.1 Å². The summed E-state index contributed by atoms with van der Waals surface area (Å²) in [5.74, 6) is 0.190. The van der Waals surface area contributed by atoms with Gasteiger partial charge in [-0.15, -0.1) is 0 Å². The highest BCUT2D eigenvalue weighted by Gasteiger charge is 2.47. The maximum Gasteiger partial charge on any atom is 0.255 e. The standard InChI is InChI=1S/C39H37N3O3/c1-27(43)42-35-24-36(45-25-28-19-21-40-22-20-28)34(23-33(35)39(4,26-38(42,2)3)32-13-9-6-10-14-32)41-37(44)31-17-15-30(16-18-31)29-11-7-5-8-12-29/h5-24H,25-26H2,1-4H3,(H,41,44).